The van der Waals surface area contributed by atoms with Gasteiger partial charge in [-0.05, 0) is 38.5 Å². The second-order valence-electron chi connectivity index (χ2n) is 5.08. The third-order valence-electron chi connectivity index (χ3n) is 4.13. The average Bonchev–Trinajstić information content (AvgIpc) is 2.69. The number of rotatable bonds is 1. The Labute approximate surface area is 80.3 Å². The molecule has 0 aromatic heterocycles. The second-order valence-corrected chi connectivity index (χ2v) is 5.08. The van der Waals surface area contributed by atoms with Crippen LogP contribution in [0, 0.1) is 5.92 Å². The van der Waals surface area contributed by atoms with Gasteiger partial charge in [-0.25, -0.2) is 0 Å². The standard InChI is InChI=1S/C11H20O2/c1-8(2)10(12)4-6-11(7-5-10)9(3)13-11/h8-9,12H,4-7H2,1-3H3. The molecule has 2 fully saturated rings. The maximum absolute atomic E-state index is 10.2. The lowest BCUT2D eigenvalue weighted by Crippen LogP contribution is -2.41. The van der Waals surface area contributed by atoms with Gasteiger partial charge in [0.05, 0.1) is 17.3 Å². The van der Waals surface area contributed by atoms with E-state index in [9.17, 15) is 5.11 Å². The summed E-state index contributed by atoms with van der Waals surface area (Å²) in [4.78, 5) is 0. The van der Waals surface area contributed by atoms with Gasteiger partial charge in [0, 0.05) is 0 Å². The average molecular weight is 184 g/mol. The summed E-state index contributed by atoms with van der Waals surface area (Å²) in [7, 11) is 0. The molecule has 0 aromatic carbocycles. The lowest BCUT2D eigenvalue weighted by atomic mass is 9.72. The fourth-order valence-electron chi connectivity index (χ4n) is 2.53. The van der Waals surface area contributed by atoms with Crippen molar-refractivity contribution in [2.75, 3.05) is 0 Å². The van der Waals surface area contributed by atoms with Crippen molar-refractivity contribution < 1.29 is 9.84 Å². The molecule has 2 aliphatic rings. The molecule has 1 spiro atoms. The predicted octanol–water partition coefficient (Wildman–Crippen LogP) is 2.10. The molecule has 0 aromatic rings. The van der Waals surface area contributed by atoms with Crippen molar-refractivity contribution in [1.29, 1.82) is 0 Å². The van der Waals surface area contributed by atoms with Gasteiger partial charge in [0.2, 0.25) is 0 Å². The molecule has 2 rings (SSSR count). The molecule has 1 unspecified atom stereocenters. The highest BCUT2D eigenvalue weighted by molar-refractivity contribution is 5.06. The van der Waals surface area contributed by atoms with Crippen LogP contribution in [0.1, 0.15) is 46.5 Å². The summed E-state index contributed by atoms with van der Waals surface area (Å²) < 4.78 is 5.61. The van der Waals surface area contributed by atoms with Crippen molar-refractivity contribution in [2.24, 2.45) is 5.92 Å². The van der Waals surface area contributed by atoms with Gasteiger partial charge in [-0.2, -0.15) is 0 Å². The second kappa shape index (κ2) is 2.71. The molecule has 1 atom stereocenters. The van der Waals surface area contributed by atoms with E-state index in [1.165, 1.54) is 0 Å². The highest BCUT2D eigenvalue weighted by Gasteiger charge is 2.57. The highest BCUT2D eigenvalue weighted by Crippen LogP contribution is 2.51. The SMILES string of the molecule is CC(C)C1(O)CCC2(CC1)OC2C. The normalized spacial score (nSPS) is 50.1. The zero-order chi connectivity index (χ0) is 9.69. The Bertz CT molecular complexity index is 202. The van der Waals surface area contributed by atoms with Crippen molar-refractivity contribution >= 4 is 0 Å². The Balaban J connectivity index is 1.96. The topological polar surface area (TPSA) is 32.8 Å². The zero-order valence-electron chi connectivity index (χ0n) is 8.84. The van der Waals surface area contributed by atoms with Crippen molar-refractivity contribution in [1.82, 2.24) is 0 Å². The Morgan fingerprint density at radius 3 is 2.00 bits per heavy atom. The molecule has 13 heavy (non-hydrogen) atoms. The van der Waals surface area contributed by atoms with E-state index in [1.807, 2.05) is 0 Å². The van der Waals surface area contributed by atoms with Crippen LogP contribution in [0.25, 0.3) is 0 Å². The molecular weight excluding hydrogens is 164 g/mol. The third kappa shape index (κ3) is 1.40. The summed E-state index contributed by atoms with van der Waals surface area (Å²) in [5.74, 6) is 0.374. The molecule has 2 heteroatoms. The van der Waals surface area contributed by atoms with E-state index in [0.29, 0.717) is 12.0 Å². The monoisotopic (exact) mass is 184 g/mol. The van der Waals surface area contributed by atoms with E-state index in [2.05, 4.69) is 20.8 Å². The van der Waals surface area contributed by atoms with Crippen LogP contribution in [-0.4, -0.2) is 22.4 Å². The van der Waals surface area contributed by atoms with Crippen molar-refractivity contribution in [2.45, 2.75) is 63.8 Å². The molecule has 1 N–H and O–H groups in total. The van der Waals surface area contributed by atoms with Crippen LogP contribution in [0.15, 0.2) is 0 Å². The fraction of sp³-hybridized carbons (Fsp3) is 1.00. The minimum atomic E-state index is -0.420. The number of hydrogen-bond acceptors (Lipinski definition) is 2. The molecule has 76 valence electrons. The van der Waals surface area contributed by atoms with E-state index < -0.39 is 5.60 Å². The first kappa shape index (κ1) is 9.47. The lowest BCUT2D eigenvalue weighted by molar-refractivity contribution is -0.0524. The minimum Gasteiger partial charge on any atom is -0.390 e. The fourth-order valence-corrected chi connectivity index (χ4v) is 2.53. The summed E-state index contributed by atoms with van der Waals surface area (Å²) in [5.41, 5.74) is -0.252. The van der Waals surface area contributed by atoms with Gasteiger partial charge in [-0.3, -0.25) is 0 Å². The number of aliphatic hydroxyl groups is 1. The van der Waals surface area contributed by atoms with Crippen LogP contribution in [0.5, 0.6) is 0 Å². The smallest absolute Gasteiger partial charge is 0.0947 e. The van der Waals surface area contributed by atoms with Crippen molar-refractivity contribution in [3.8, 4) is 0 Å². The van der Waals surface area contributed by atoms with E-state index in [-0.39, 0.29) is 5.60 Å². The van der Waals surface area contributed by atoms with E-state index >= 15 is 0 Å². The van der Waals surface area contributed by atoms with E-state index in [4.69, 9.17) is 4.74 Å². The molecule has 1 aliphatic carbocycles. The van der Waals surface area contributed by atoms with Crippen LogP contribution in [0.3, 0.4) is 0 Å². The van der Waals surface area contributed by atoms with Gasteiger partial charge in [0.1, 0.15) is 0 Å². The molecule has 1 saturated carbocycles. The lowest BCUT2D eigenvalue weighted by Gasteiger charge is -2.38. The minimum absolute atomic E-state index is 0.168. The maximum atomic E-state index is 10.2. The van der Waals surface area contributed by atoms with Crippen LogP contribution >= 0.6 is 0 Å². The summed E-state index contributed by atoms with van der Waals surface area (Å²) >= 11 is 0. The van der Waals surface area contributed by atoms with Crippen LogP contribution in [0.4, 0.5) is 0 Å². The summed E-state index contributed by atoms with van der Waals surface area (Å²) in [6, 6.07) is 0. The Morgan fingerprint density at radius 1 is 1.23 bits per heavy atom. The first-order valence-corrected chi connectivity index (χ1v) is 5.39. The molecule has 1 heterocycles. The number of epoxide rings is 1. The molecular formula is C11H20O2. The molecule has 0 bridgehead atoms. The van der Waals surface area contributed by atoms with Crippen LogP contribution < -0.4 is 0 Å². The van der Waals surface area contributed by atoms with Gasteiger partial charge in [0.15, 0.2) is 0 Å². The number of ether oxygens (including phenoxy) is 1. The van der Waals surface area contributed by atoms with Crippen LogP contribution in [-0.2, 0) is 4.74 Å². The van der Waals surface area contributed by atoms with Gasteiger partial charge < -0.3 is 9.84 Å². The highest BCUT2D eigenvalue weighted by atomic mass is 16.6. The molecule has 2 nitrogen and oxygen atoms in total. The molecule has 0 radical (unpaired) electrons. The van der Waals surface area contributed by atoms with Crippen molar-refractivity contribution in [3.05, 3.63) is 0 Å². The molecule has 1 saturated heterocycles. The first-order chi connectivity index (χ1) is 5.99. The summed E-state index contributed by atoms with van der Waals surface area (Å²) in [5, 5.41) is 10.2. The van der Waals surface area contributed by atoms with Gasteiger partial charge in [-0.1, -0.05) is 13.8 Å². The Hall–Kier alpha value is -0.0800. The van der Waals surface area contributed by atoms with E-state index in [1.54, 1.807) is 0 Å². The molecule has 0 amide bonds. The third-order valence-corrected chi connectivity index (χ3v) is 4.13. The first-order valence-electron chi connectivity index (χ1n) is 5.39. The summed E-state index contributed by atoms with van der Waals surface area (Å²) in [6.45, 7) is 6.35. The zero-order valence-corrected chi connectivity index (χ0v) is 8.84. The van der Waals surface area contributed by atoms with Gasteiger partial charge >= 0.3 is 0 Å². The van der Waals surface area contributed by atoms with Gasteiger partial charge in [-0.15, -0.1) is 0 Å². The van der Waals surface area contributed by atoms with Crippen molar-refractivity contribution in [3.63, 3.8) is 0 Å². The van der Waals surface area contributed by atoms with Gasteiger partial charge in [0.25, 0.3) is 0 Å². The van der Waals surface area contributed by atoms with Crippen LogP contribution in [0.2, 0.25) is 0 Å². The Morgan fingerprint density at radius 2 is 1.69 bits per heavy atom. The summed E-state index contributed by atoms with van der Waals surface area (Å²) in [6.07, 6.45) is 4.35. The predicted molar refractivity (Wildman–Crippen MR) is 51.5 cm³/mol. The van der Waals surface area contributed by atoms with E-state index in [0.717, 1.165) is 25.7 Å². The quantitative estimate of drug-likeness (QED) is 0.633. The maximum Gasteiger partial charge on any atom is 0.0947 e. The Kier molecular flexibility index (Phi) is 1.97. The molecule has 1 aliphatic heterocycles. The largest absolute Gasteiger partial charge is 0.390 e. The number of hydrogen-bond donors (Lipinski definition) is 1.